The van der Waals surface area contributed by atoms with E-state index in [0.717, 1.165) is 10.0 Å². The molecule has 94 valence electrons. The van der Waals surface area contributed by atoms with E-state index in [0.29, 0.717) is 23.1 Å². The maximum atomic E-state index is 5.88. The van der Waals surface area contributed by atoms with E-state index in [2.05, 4.69) is 31.1 Å². The molecule has 0 unspecified atom stereocenters. The van der Waals surface area contributed by atoms with E-state index in [1.165, 1.54) is 0 Å². The number of para-hydroxylation sites is 1. The Morgan fingerprint density at radius 2 is 1.95 bits per heavy atom. The third-order valence-electron chi connectivity index (χ3n) is 2.59. The summed E-state index contributed by atoms with van der Waals surface area (Å²) in [6.07, 6.45) is 1.67. The first-order valence-electron chi connectivity index (χ1n) is 5.55. The average molecular weight is 317 g/mol. The van der Waals surface area contributed by atoms with Crippen molar-refractivity contribution in [3.05, 3.63) is 47.1 Å². The zero-order valence-electron chi connectivity index (χ0n) is 9.75. The molecule has 3 aromatic rings. The lowest BCUT2D eigenvalue weighted by Crippen LogP contribution is -1.90. The minimum atomic E-state index is 0.353. The highest BCUT2D eigenvalue weighted by Gasteiger charge is 2.15. The molecule has 19 heavy (non-hydrogen) atoms. The van der Waals surface area contributed by atoms with Crippen LogP contribution < -0.4 is 5.73 Å². The first kappa shape index (κ1) is 11.9. The number of anilines is 1. The quantitative estimate of drug-likeness (QED) is 0.735. The molecule has 0 radical (unpaired) electrons. The Morgan fingerprint density at radius 3 is 2.74 bits per heavy atom. The molecule has 0 fully saturated rings. The normalized spacial score (nSPS) is 10.6. The number of pyridine rings is 1. The Morgan fingerprint density at radius 1 is 1.11 bits per heavy atom. The molecule has 0 atom stereocenters. The molecule has 0 spiro atoms. The number of hydrogen-bond donors (Lipinski definition) is 1. The van der Waals surface area contributed by atoms with Crippen LogP contribution in [0.3, 0.4) is 0 Å². The Kier molecular flexibility index (Phi) is 3.00. The highest BCUT2D eigenvalue weighted by molar-refractivity contribution is 9.10. The number of aromatic nitrogens is 3. The Hall–Kier alpha value is -2.21. The van der Waals surface area contributed by atoms with Gasteiger partial charge in [0.25, 0.3) is 5.89 Å². The number of hydrogen-bond acceptors (Lipinski definition) is 5. The van der Waals surface area contributed by atoms with Crippen molar-refractivity contribution in [2.24, 2.45) is 0 Å². The fourth-order valence-electron chi connectivity index (χ4n) is 1.67. The van der Waals surface area contributed by atoms with E-state index in [9.17, 15) is 0 Å². The predicted molar refractivity (Wildman–Crippen MR) is 75.1 cm³/mol. The second-order valence-corrected chi connectivity index (χ2v) is 4.70. The molecule has 5 nitrogen and oxygen atoms in total. The van der Waals surface area contributed by atoms with Crippen molar-refractivity contribution in [2.45, 2.75) is 0 Å². The van der Waals surface area contributed by atoms with Crippen LogP contribution in [0.1, 0.15) is 0 Å². The molecule has 0 aliphatic heterocycles. The Balaban J connectivity index is 2.06. The predicted octanol–water partition coefficient (Wildman–Crippen LogP) is 3.14. The summed E-state index contributed by atoms with van der Waals surface area (Å²) in [4.78, 5) is 8.53. The van der Waals surface area contributed by atoms with Gasteiger partial charge in [0.1, 0.15) is 5.69 Å². The van der Waals surface area contributed by atoms with Crippen LogP contribution in [-0.4, -0.2) is 15.1 Å². The summed E-state index contributed by atoms with van der Waals surface area (Å²) in [5.41, 5.74) is 7.84. The summed E-state index contributed by atoms with van der Waals surface area (Å²) in [5.74, 6) is 0.802. The second kappa shape index (κ2) is 4.81. The Bertz CT molecular complexity index is 666. The average Bonchev–Trinajstić information content (AvgIpc) is 2.89. The van der Waals surface area contributed by atoms with Gasteiger partial charge >= 0.3 is 0 Å². The third-order valence-corrected chi connectivity index (χ3v) is 3.23. The van der Waals surface area contributed by atoms with Gasteiger partial charge in [-0.05, 0) is 40.2 Å². The summed E-state index contributed by atoms with van der Waals surface area (Å²) in [5, 5.41) is 3.94. The molecule has 0 saturated heterocycles. The first-order valence-corrected chi connectivity index (χ1v) is 6.34. The maximum Gasteiger partial charge on any atom is 0.278 e. The fraction of sp³-hybridized carbons (Fsp3) is 0. The SMILES string of the molecule is Nc1ccccc1-c1noc(-c2ncccc2Br)n1. The number of rotatable bonds is 2. The lowest BCUT2D eigenvalue weighted by Gasteiger charge is -1.98. The maximum absolute atomic E-state index is 5.88. The summed E-state index contributed by atoms with van der Waals surface area (Å²) >= 11 is 3.40. The zero-order valence-corrected chi connectivity index (χ0v) is 11.3. The van der Waals surface area contributed by atoms with E-state index in [1.54, 1.807) is 12.3 Å². The van der Waals surface area contributed by atoms with Crippen molar-refractivity contribution in [3.63, 3.8) is 0 Å². The standard InChI is InChI=1S/C13H9BrN4O/c14-9-5-3-7-16-11(9)13-17-12(18-19-13)8-4-1-2-6-10(8)15/h1-7H,15H2. The van der Waals surface area contributed by atoms with Gasteiger partial charge in [0.15, 0.2) is 0 Å². The fourth-order valence-corrected chi connectivity index (χ4v) is 2.10. The van der Waals surface area contributed by atoms with Crippen molar-refractivity contribution in [1.82, 2.24) is 15.1 Å². The largest absolute Gasteiger partial charge is 0.398 e. The van der Waals surface area contributed by atoms with E-state index < -0.39 is 0 Å². The third kappa shape index (κ3) is 2.22. The van der Waals surface area contributed by atoms with E-state index in [1.807, 2.05) is 30.3 Å². The van der Waals surface area contributed by atoms with Gasteiger partial charge in [-0.1, -0.05) is 17.3 Å². The lowest BCUT2D eigenvalue weighted by molar-refractivity contribution is 0.431. The molecule has 2 heterocycles. The van der Waals surface area contributed by atoms with Crippen LogP contribution in [0.2, 0.25) is 0 Å². The topological polar surface area (TPSA) is 77.8 Å². The van der Waals surface area contributed by atoms with Crippen LogP contribution in [-0.2, 0) is 0 Å². The van der Waals surface area contributed by atoms with Gasteiger partial charge < -0.3 is 10.3 Å². The van der Waals surface area contributed by atoms with E-state index in [4.69, 9.17) is 10.3 Å². The molecule has 0 bridgehead atoms. The molecule has 1 aromatic carbocycles. The van der Waals surface area contributed by atoms with Crippen LogP contribution in [0.25, 0.3) is 23.0 Å². The van der Waals surface area contributed by atoms with Crippen molar-refractivity contribution in [2.75, 3.05) is 5.73 Å². The molecule has 0 aliphatic rings. The van der Waals surface area contributed by atoms with Gasteiger partial charge in [-0.2, -0.15) is 4.98 Å². The summed E-state index contributed by atoms with van der Waals surface area (Å²) < 4.78 is 6.03. The summed E-state index contributed by atoms with van der Waals surface area (Å²) in [6, 6.07) is 11.1. The van der Waals surface area contributed by atoms with Gasteiger partial charge in [-0.15, -0.1) is 0 Å². The van der Waals surface area contributed by atoms with Crippen LogP contribution in [0, 0.1) is 0 Å². The van der Waals surface area contributed by atoms with Crippen molar-refractivity contribution in [3.8, 4) is 23.0 Å². The number of benzene rings is 1. The molecule has 6 heteroatoms. The van der Waals surface area contributed by atoms with Gasteiger partial charge in [0.2, 0.25) is 5.82 Å². The van der Waals surface area contributed by atoms with Gasteiger partial charge in [0.05, 0.1) is 0 Å². The van der Waals surface area contributed by atoms with E-state index in [-0.39, 0.29) is 0 Å². The van der Waals surface area contributed by atoms with Gasteiger partial charge in [0, 0.05) is 21.9 Å². The molecule has 2 N–H and O–H groups in total. The second-order valence-electron chi connectivity index (χ2n) is 3.84. The smallest absolute Gasteiger partial charge is 0.278 e. The monoisotopic (exact) mass is 316 g/mol. The molecule has 0 amide bonds. The van der Waals surface area contributed by atoms with Crippen LogP contribution >= 0.6 is 15.9 Å². The van der Waals surface area contributed by atoms with Crippen molar-refractivity contribution >= 4 is 21.6 Å². The minimum absolute atomic E-state index is 0.353. The number of nitrogens with two attached hydrogens (primary N) is 1. The molecule has 2 aromatic heterocycles. The van der Waals surface area contributed by atoms with Crippen molar-refractivity contribution < 1.29 is 4.52 Å². The molecule has 0 aliphatic carbocycles. The molecular weight excluding hydrogens is 308 g/mol. The minimum Gasteiger partial charge on any atom is -0.398 e. The molecule has 0 saturated carbocycles. The van der Waals surface area contributed by atoms with Gasteiger partial charge in [-0.25, -0.2) is 4.98 Å². The first-order chi connectivity index (χ1) is 9.25. The summed E-state index contributed by atoms with van der Waals surface area (Å²) in [7, 11) is 0. The zero-order chi connectivity index (χ0) is 13.2. The molecular formula is C13H9BrN4O. The summed E-state index contributed by atoms with van der Waals surface area (Å²) in [6.45, 7) is 0. The highest BCUT2D eigenvalue weighted by atomic mass is 79.9. The van der Waals surface area contributed by atoms with Crippen LogP contribution in [0.5, 0.6) is 0 Å². The van der Waals surface area contributed by atoms with Crippen LogP contribution in [0.15, 0.2) is 51.6 Å². The number of nitrogens with zero attached hydrogens (tertiary/aromatic N) is 3. The van der Waals surface area contributed by atoms with Crippen LogP contribution in [0.4, 0.5) is 5.69 Å². The van der Waals surface area contributed by atoms with Gasteiger partial charge in [-0.3, -0.25) is 0 Å². The lowest BCUT2D eigenvalue weighted by atomic mass is 10.2. The van der Waals surface area contributed by atoms with Crippen molar-refractivity contribution in [1.29, 1.82) is 0 Å². The molecule has 3 rings (SSSR count). The Labute approximate surface area is 117 Å². The number of halogens is 1. The number of nitrogen functional groups attached to an aromatic ring is 1. The van der Waals surface area contributed by atoms with E-state index >= 15 is 0 Å². The highest BCUT2D eigenvalue weighted by Crippen LogP contribution is 2.28.